The summed E-state index contributed by atoms with van der Waals surface area (Å²) in [5, 5.41) is 19.6. The Kier molecular flexibility index (Phi) is 4.48. The number of para-hydroxylation sites is 2. The minimum absolute atomic E-state index is 0.130. The summed E-state index contributed by atoms with van der Waals surface area (Å²) in [5.74, 6) is -0.660. The topological polar surface area (TPSA) is 104 Å². The number of aryl methyl sites for hydroxylation is 1. The van der Waals surface area contributed by atoms with E-state index in [9.17, 15) is 9.90 Å². The van der Waals surface area contributed by atoms with Gasteiger partial charge in [0.05, 0.1) is 28.0 Å². The summed E-state index contributed by atoms with van der Waals surface area (Å²) in [6.45, 7) is 1.92. The number of nitrogens with one attached hydrogen (secondary N) is 1. The first-order valence-electron chi connectivity index (χ1n) is 9.69. The fourth-order valence-electron chi connectivity index (χ4n) is 3.58. The predicted molar refractivity (Wildman–Crippen MR) is 119 cm³/mol. The molecule has 0 atom stereocenters. The lowest BCUT2D eigenvalue weighted by Crippen LogP contribution is -1.99. The monoisotopic (exact) mass is 407 g/mol. The molecule has 0 aliphatic carbocycles. The molecular formula is C24H17N5O2. The number of H-pyrrole nitrogens is 1. The van der Waals surface area contributed by atoms with Crippen LogP contribution in [0.5, 0.6) is 5.88 Å². The lowest BCUT2D eigenvalue weighted by molar-refractivity contribution is 0.0996. The van der Waals surface area contributed by atoms with Crippen LogP contribution in [0.15, 0.2) is 83.2 Å². The Labute approximate surface area is 177 Å². The van der Waals surface area contributed by atoms with Crippen molar-refractivity contribution in [1.82, 2.24) is 15.0 Å². The first-order valence-corrected chi connectivity index (χ1v) is 9.69. The molecule has 31 heavy (non-hydrogen) atoms. The van der Waals surface area contributed by atoms with Gasteiger partial charge in [0.2, 0.25) is 5.88 Å². The van der Waals surface area contributed by atoms with Crippen LogP contribution in [0.3, 0.4) is 0 Å². The summed E-state index contributed by atoms with van der Waals surface area (Å²) in [5.41, 5.74) is 4.21. The van der Waals surface area contributed by atoms with Gasteiger partial charge in [-0.25, -0.2) is 4.98 Å². The number of amides is 1. The summed E-state index contributed by atoms with van der Waals surface area (Å²) in [6.07, 6.45) is 1.68. The quantitative estimate of drug-likeness (QED) is 0.373. The Hall–Kier alpha value is -4.39. The van der Waals surface area contributed by atoms with Crippen LogP contribution in [-0.2, 0) is 0 Å². The molecule has 2 aromatic carbocycles. The molecule has 0 radical (unpaired) electrons. The van der Waals surface area contributed by atoms with E-state index in [1.165, 1.54) is 0 Å². The Morgan fingerprint density at radius 1 is 0.968 bits per heavy atom. The van der Waals surface area contributed by atoms with Gasteiger partial charge >= 0.3 is 0 Å². The van der Waals surface area contributed by atoms with E-state index < -0.39 is 5.91 Å². The van der Waals surface area contributed by atoms with E-state index in [1.54, 1.807) is 12.3 Å². The maximum absolute atomic E-state index is 13.1. The Bertz CT molecular complexity index is 1470. The van der Waals surface area contributed by atoms with Gasteiger partial charge in [0, 0.05) is 17.0 Å². The second kappa shape index (κ2) is 7.46. The van der Waals surface area contributed by atoms with Crippen LogP contribution in [0.25, 0.3) is 33.2 Å². The van der Waals surface area contributed by atoms with Crippen LogP contribution in [0.2, 0.25) is 0 Å². The Balaban J connectivity index is 1.61. The first-order chi connectivity index (χ1) is 15.1. The molecule has 3 aromatic heterocycles. The second-order valence-corrected chi connectivity index (χ2v) is 7.11. The van der Waals surface area contributed by atoms with Crippen molar-refractivity contribution in [2.24, 2.45) is 10.2 Å². The lowest BCUT2D eigenvalue weighted by Gasteiger charge is -2.06. The third kappa shape index (κ3) is 3.32. The number of aromatic amines is 1. The molecule has 7 nitrogen and oxygen atoms in total. The molecule has 0 saturated heterocycles. The molecule has 5 aromatic rings. The van der Waals surface area contributed by atoms with Gasteiger partial charge in [-0.3, -0.25) is 9.78 Å². The van der Waals surface area contributed by atoms with E-state index in [4.69, 9.17) is 0 Å². The molecule has 3 heterocycles. The van der Waals surface area contributed by atoms with Crippen molar-refractivity contribution in [2.75, 3.05) is 0 Å². The zero-order valence-electron chi connectivity index (χ0n) is 16.6. The van der Waals surface area contributed by atoms with Gasteiger partial charge < -0.3 is 10.1 Å². The number of aromatic nitrogens is 3. The van der Waals surface area contributed by atoms with Crippen molar-refractivity contribution in [1.29, 1.82) is 0 Å². The number of nitrogens with zero attached hydrogens (tertiary/aromatic N) is 4. The number of carbonyl (C=O) groups excluding carboxylic acids is 1. The van der Waals surface area contributed by atoms with Crippen molar-refractivity contribution in [3.63, 3.8) is 0 Å². The number of benzene rings is 2. The van der Waals surface area contributed by atoms with Crippen molar-refractivity contribution < 1.29 is 9.90 Å². The normalized spacial score (nSPS) is 11.5. The van der Waals surface area contributed by atoms with E-state index >= 15 is 0 Å². The lowest BCUT2D eigenvalue weighted by atomic mass is 10.1. The molecule has 0 spiro atoms. The summed E-state index contributed by atoms with van der Waals surface area (Å²) < 4.78 is 0. The van der Waals surface area contributed by atoms with Crippen LogP contribution in [0.4, 0.5) is 5.69 Å². The summed E-state index contributed by atoms with van der Waals surface area (Å²) in [4.78, 5) is 24.9. The molecule has 0 aliphatic rings. The molecule has 7 heteroatoms. The van der Waals surface area contributed by atoms with Gasteiger partial charge in [-0.2, -0.15) is 0 Å². The maximum atomic E-state index is 13.1. The highest BCUT2D eigenvalue weighted by Crippen LogP contribution is 2.37. The van der Waals surface area contributed by atoms with Crippen molar-refractivity contribution in [2.45, 2.75) is 6.92 Å². The molecule has 1 amide bonds. The molecule has 2 N–H and O–H groups in total. The van der Waals surface area contributed by atoms with Gasteiger partial charge in [0.15, 0.2) is 5.69 Å². The van der Waals surface area contributed by atoms with Crippen LogP contribution < -0.4 is 0 Å². The molecule has 0 bridgehead atoms. The van der Waals surface area contributed by atoms with E-state index in [1.807, 2.05) is 67.6 Å². The number of carbonyl (C=O) groups is 1. The highest BCUT2D eigenvalue weighted by atomic mass is 16.3. The smallest absolute Gasteiger partial charge is 0.296 e. The number of azo groups is 1. The summed E-state index contributed by atoms with van der Waals surface area (Å²) in [6, 6.07) is 20.1. The van der Waals surface area contributed by atoms with Crippen molar-refractivity contribution >= 4 is 33.4 Å². The minimum Gasteiger partial charge on any atom is -0.493 e. The van der Waals surface area contributed by atoms with E-state index in [0.29, 0.717) is 33.2 Å². The number of rotatable bonds is 3. The molecule has 0 fully saturated rings. The van der Waals surface area contributed by atoms with Crippen molar-refractivity contribution in [3.8, 4) is 17.3 Å². The average molecular weight is 407 g/mol. The van der Waals surface area contributed by atoms with Gasteiger partial charge in [0.25, 0.3) is 5.91 Å². The molecular weight excluding hydrogens is 390 g/mol. The number of pyridine rings is 2. The van der Waals surface area contributed by atoms with Gasteiger partial charge in [-0.1, -0.05) is 42.5 Å². The van der Waals surface area contributed by atoms with Crippen molar-refractivity contribution in [3.05, 3.63) is 84.1 Å². The van der Waals surface area contributed by atoms with Gasteiger partial charge in [-0.05, 0) is 36.8 Å². The fraction of sp³-hybridized carbons (Fsp3) is 0.0417. The van der Waals surface area contributed by atoms with E-state index in [0.717, 1.165) is 11.1 Å². The van der Waals surface area contributed by atoms with Gasteiger partial charge in [0.1, 0.15) is 0 Å². The van der Waals surface area contributed by atoms with Gasteiger partial charge in [-0.15, -0.1) is 10.2 Å². The molecule has 0 saturated carbocycles. The number of hydrogen-bond donors (Lipinski definition) is 2. The van der Waals surface area contributed by atoms with E-state index in [2.05, 4.69) is 25.2 Å². The predicted octanol–water partition coefficient (Wildman–Crippen LogP) is 5.72. The Morgan fingerprint density at radius 2 is 1.77 bits per heavy atom. The molecule has 0 aliphatic heterocycles. The third-order valence-electron chi connectivity index (χ3n) is 5.11. The van der Waals surface area contributed by atoms with Crippen LogP contribution in [0, 0.1) is 6.92 Å². The van der Waals surface area contributed by atoms with E-state index in [-0.39, 0.29) is 11.6 Å². The molecule has 0 unspecified atom stereocenters. The zero-order valence-corrected chi connectivity index (χ0v) is 16.6. The zero-order chi connectivity index (χ0) is 21.4. The standard InChI is InChI=1S/C24H17N5O2/c1-14-7-6-9-16-21(14)27-24(31)22(16)28-29-23(30)17-13-20(19-11-4-5-12-25-19)26-18-10-3-2-8-15(17)18/h2-13,27,31H,1H3. The third-order valence-corrected chi connectivity index (χ3v) is 5.11. The number of aromatic hydroxyl groups is 1. The second-order valence-electron chi connectivity index (χ2n) is 7.11. The van der Waals surface area contributed by atoms with Crippen LogP contribution in [-0.4, -0.2) is 26.0 Å². The fourth-order valence-corrected chi connectivity index (χ4v) is 3.58. The molecule has 5 rings (SSSR count). The minimum atomic E-state index is -0.530. The first kappa shape index (κ1) is 18.6. The maximum Gasteiger partial charge on any atom is 0.296 e. The molecule has 150 valence electrons. The SMILES string of the molecule is Cc1cccc2c(N=NC(=O)c3cc(-c4ccccn4)nc4ccccc34)c(O)[nH]c12. The highest BCUT2D eigenvalue weighted by Gasteiger charge is 2.16. The Morgan fingerprint density at radius 3 is 2.61 bits per heavy atom. The highest BCUT2D eigenvalue weighted by molar-refractivity contribution is 6.07. The number of hydrogen-bond acceptors (Lipinski definition) is 5. The number of fused-ring (bicyclic) bond motifs is 2. The van der Waals surface area contributed by atoms with Crippen LogP contribution in [0.1, 0.15) is 15.9 Å². The van der Waals surface area contributed by atoms with Crippen LogP contribution >= 0.6 is 0 Å². The summed E-state index contributed by atoms with van der Waals surface area (Å²) >= 11 is 0. The largest absolute Gasteiger partial charge is 0.493 e. The summed E-state index contributed by atoms with van der Waals surface area (Å²) in [7, 11) is 0. The average Bonchev–Trinajstić information content (AvgIpc) is 3.13.